The Labute approximate surface area is 164 Å². The van der Waals surface area contributed by atoms with Gasteiger partial charge in [-0.05, 0) is 36.8 Å². The Morgan fingerprint density at radius 3 is 2.33 bits per heavy atom. The van der Waals surface area contributed by atoms with Crippen molar-refractivity contribution in [1.82, 2.24) is 4.98 Å². The van der Waals surface area contributed by atoms with Crippen LogP contribution in [0.25, 0.3) is 0 Å². The van der Waals surface area contributed by atoms with E-state index in [1.807, 2.05) is 12.1 Å². The van der Waals surface area contributed by atoms with E-state index in [4.69, 9.17) is 4.74 Å². The Bertz CT molecular complexity index is 578. The first-order valence-corrected chi connectivity index (χ1v) is 6.29. The second kappa shape index (κ2) is 8.33. The van der Waals surface area contributed by atoms with Crippen LogP contribution in [-0.4, -0.2) is 18.6 Å². The second-order valence-corrected chi connectivity index (χ2v) is 4.55. The molecule has 0 atom stereocenters. The first kappa shape index (κ1) is 18.7. The molecule has 1 heterocycles. The zero-order chi connectivity index (χ0) is 14.6. The third-order valence-corrected chi connectivity index (χ3v) is 3.00. The second-order valence-electron chi connectivity index (χ2n) is 4.55. The maximum atomic E-state index is 12.7. The number of rotatable bonds is 5. The third kappa shape index (κ3) is 5.75. The maximum Gasteiger partial charge on any atom is 1.00 e. The molecule has 21 heavy (non-hydrogen) atoms. The van der Waals surface area contributed by atoms with Crippen LogP contribution in [0, 0.1) is 6.92 Å². The van der Waals surface area contributed by atoms with Crippen LogP contribution in [0.3, 0.4) is 0 Å². The van der Waals surface area contributed by atoms with E-state index < -0.39 is 12.4 Å². The summed E-state index contributed by atoms with van der Waals surface area (Å²) in [6.07, 6.45) is 4.08. The van der Waals surface area contributed by atoms with Gasteiger partial charge in [0.15, 0.2) is 0 Å². The predicted octanol–water partition coefficient (Wildman–Crippen LogP) is 0.0699. The molecule has 0 aliphatic carbocycles. The number of pyridine rings is 1. The SMILES string of the molecule is Cc1cc(OCCc2ccncc2)ccc1[B-](F)(F)F.[K+]. The number of aromatic nitrogens is 1. The zero-order valence-corrected chi connectivity index (χ0v) is 15.1. The molecule has 0 aliphatic heterocycles. The van der Waals surface area contributed by atoms with Gasteiger partial charge in [0.05, 0.1) is 6.61 Å². The molecule has 2 nitrogen and oxygen atoms in total. The fourth-order valence-electron chi connectivity index (χ4n) is 1.94. The molecule has 1 aromatic heterocycles. The van der Waals surface area contributed by atoms with Gasteiger partial charge in [-0.15, -0.1) is 5.46 Å². The molecule has 2 rings (SSSR count). The average molecular weight is 319 g/mol. The van der Waals surface area contributed by atoms with Gasteiger partial charge in [0, 0.05) is 18.8 Å². The Balaban J connectivity index is 0.00000220. The molecular weight excluding hydrogens is 305 g/mol. The topological polar surface area (TPSA) is 22.1 Å². The summed E-state index contributed by atoms with van der Waals surface area (Å²) in [4.78, 5) is 3.91. The van der Waals surface area contributed by atoms with E-state index >= 15 is 0 Å². The molecule has 0 aliphatic rings. The van der Waals surface area contributed by atoms with Crippen LogP contribution in [0.15, 0.2) is 42.7 Å². The standard InChI is InChI=1S/C14H14BF3NO.K/c1-11-10-13(2-3-14(11)15(16,17)18)20-9-6-12-4-7-19-8-5-12;/h2-5,7-8,10H,6,9H2,1H3;/q-1;+1. The number of halogens is 3. The summed E-state index contributed by atoms with van der Waals surface area (Å²) >= 11 is 0. The van der Waals surface area contributed by atoms with Gasteiger partial charge < -0.3 is 17.7 Å². The van der Waals surface area contributed by atoms with Crippen molar-refractivity contribution in [2.45, 2.75) is 13.3 Å². The first-order chi connectivity index (χ1) is 9.47. The number of nitrogens with zero attached hydrogens (tertiary/aromatic N) is 1. The third-order valence-electron chi connectivity index (χ3n) is 3.00. The Morgan fingerprint density at radius 1 is 1.10 bits per heavy atom. The summed E-state index contributed by atoms with van der Waals surface area (Å²) in [5.41, 5.74) is 0.706. The number of hydrogen-bond donors (Lipinski definition) is 0. The zero-order valence-electron chi connectivity index (χ0n) is 12.0. The van der Waals surface area contributed by atoms with Crippen molar-refractivity contribution in [1.29, 1.82) is 0 Å². The fraction of sp³-hybridized carbons (Fsp3) is 0.214. The molecule has 0 fully saturated rings. The van der Waals surface area contributed by atoms with E-state index in [2.05, 4.69) is 4.98 Å². The normalized spacial score (nSPS) is 10.9. The Hall–Kier alpha value is -0.339. The van der Waals surface area contributed by atoms with Gasteiger partial charge in [-0.2, -0.15) is 0 Å². The van der Waals surface area contributed by atoms with Gasteiger partial charge in [0.25, 0.3) is 0 Å². The summed E-state index contributed by atoms with van der Waals surface area (Å²) in [7, 11) is 0. The van der Waals surface area contributed by atoms with Crippen LogP contribution in [0.4, 0.5) is 12.9 Å². The molecule has 0 radical (unpaired) electrons. The van der Waals surface area contributed by atoms with Crippen molar-refractivity contribution in [3.63, 3.8) is 0 Å². The molecule has 0 spiro atoms. The minimum Gasteiger partial charge on any atom is -0.493 e. The molecule has 7 heteroatoms. The van der Waals surface area contributed by atoms with Gasteiger partial charge in [-0.1, -0.05) is 11.6 Å². The van der Waals surface area contributed by atoms with Crippen LogP contribution in [-0.2, 0) is 6.42 Å². The van der Waals surface area contributed by atoms with E-state index in [9.17, 15) is 12.9 Å². The fourth-order valence-corrected chi connectivity index (χ4v) is 1.94. The summed E-state index contributed by atoms with van der Waals surface area (Å²) in [5.74, 6) is 0.459. The first-order valence-electron chi connectivity index (χ1n) is 6.29. The molecule has 0 saturated heterocycles. The molecule has 1 aromatic carbocycles. The van der Waals surface area contributed by atoms with Crippen molar-refractivity contribution < 1.29 is 69.1 Å². The minimum absolute atomic E-state index is 0. The largest absolute Gasteiger partial charge is 1.00 e. The van der Waals surface area contributed by atoms with E-state index in [0.717, 1.165) is 11.6 Å². The molecule has 0 bridgehead atoms. The van der Waals surface area contributed by atoms with E-state index in [1.165, 1.54) is 19.1 Å². The molecular formula is C14H14BF3KNO. The van der Waals surface area contributed by atoms with Crippen LogP contribution in [0.1, 0.15) is 11.1 Å². The van der Waals surface area contributed by atoms with Gasteiger partial charge >= 0.3 is 58.4 Å². The molecule has 106 valence electrons. The van der Waals surface area contributed by atoms with Crippen molar-refractivity contribution in [2.75, 3.05) is 6.61 Å². The number of benzene rings is 1. The van der Waals surface area contributed by atoms with Crippen molar-refractivity contribution in [2.24, 2.45) is 0 Å². The number of ether oxygens (including phenoxy) is 1. The summed E-state index contributed by atoms with van der Waals surface area (Å²) in [6, 6.07) is 7.63. The van der Waals surface area contributed by atoms with Crippen LogP contribution in [0.5, 0.6) is 5.75 Å². The molecule has 0 amide bonds. The quantitative estimate of drug-likeness (QED) is 0.728. The summed E-state index contributed by atoms with van der Waals surface area (Å²) < 4.78 is 43.5. The smallest absolute Gasteiger partial charge is 0.493 e. The maximum absolute atomic E-state index is 12.7. The van der Waals surface area contributed by atoms with Crippen molar-refractivity contribution in [3.05, 3.63) is 53.9 Å². The molecule has 0 saturated carbocycles. The van der Waals surface area contributed by atoms with E-state index in [-0.39, 0.29) is 56.9 Å². The summed E-state index contributed by atoms with van der Waals surface area (Å²) in [6.45, 7) is -3.10. The number of aryl methyl sites for hydroxylation is 1. The van der Waals surface area contributed by atoms with Gasteiger partial charge in [0.2, 0.25) is 0 Å². The molecule has 0 unspecified atom stereocenters. The van der Waals surface area contributed by atoms with Gasteiger partial charge in [-0.25, -0.2) is 0 Å². The van der Waals surface area contributed by atoms with Crippen molar-refractivity contribution >= 4 is 12.4 Å². The van der Waals surface area contributed by atoms with E-state index in [0.29, 0.717) is 18.8 Å². The summed E-state index contributed by atoms with van der Waals surface area (Å²) in [5, 5.41) is 0. The van der Waals surface area contributed by atoms with Crippen LogP contribution in [0.2, 0.25) is 0 Å². The van der Waals surface area contributed by atoms with Crippen LogP contribution < -0.4 is 61.6 Å². The van der Waals surface area contributed by atoms with Crippen LogP contribution >= 0.6 is 0 Å². The monoisotopic (exact) mass is 319 g/mol. The predicted molar refractivity (Wildman–Crippen MR) is 73.3 cm³/mol. The number of hydrogen-bond acceptors (Lipinski definition) is 2. The average Bonchev–Trinajstić information content (AvgIpc) is 2.38. The Kier molecular flexibility index (Phi) is 7.43. The van der Waals surface area contributed by atoms with E-state index in [1.54, 1.807) is 12.4 Å². The molecule has 2 aromatic rings. The van der Waals surface area contributed by atoms with Gasteiger partial charge in [-0.3, -0.25) is 4.98 Å². The molecule has 0 N–H and O–H groups in total. The van der Waals surface area contributed by atoms with Crippen molar-refractivity contribution in [3.8, 4) is 5.75 Å². The Morgan fingerprint density at radius 2 is 1.76 bits per heavy atom. The van der Waals surface area contributed by atoms with Gasteiger partial charge in [0.1, 0.15) is 5.75 Å². The minimum atomic E-state index is -4.96.